The lowest BCUT2D eigenvalue weighted by molar-refractivity contribution is -0.142. The number of carbonyl (C=O) groups excluding carboxylic acids is 4. The van der Waals surface area contributed by atoms with Crippen LogP contribution in [0.25, 0.3) is 10.9 Å². The van der Waals surface area contributed by atoms with Crippen molar-refractivity contribution in [3.8, 4) is 0 Å². The number of nitrogens with two attached hydrogens (primary N) is 1. The zero-order valence-corrected chi connectivity index (χ0v) is 26.3. The van der Waals surface area contributed by atoms with E-state index in [9.17, 15) is 29.1 Å². The van der Waals surface area contributed by atoms with E-state index < -0.39 is 59.8 Å². The van der Waals surface area contributed by atoms with Crippen LogP contribution in [0.4, 0.5) is 0 Å². The van der Waals surface area contributed by atoms with Crippen molar-refractivity contribution in [2.45, 2.75) is 70.2 Å². The van der Waals surface area contributed by atoms with Crippen LogP contribution < -0.4 is 32.3 Å². The molecule has 4 rings (SSSR count). The predicted octanol–water partition coefficient (Wildman–Crippen LogP) is 0.646. The summed E-state index contributed by atoms with van der Waals surface area (Å²) < 4.78 is 0. The molecule has 1 aliphatic heterocycles. The van der Waals surface area contributed by atoms with Crippen molar-refractivity contribution in [3.05, 3.63) is 71.4 Å². The van der Waals surface area contributed by atoms with Crippen LogP contribution in [-0.2, 0) is 36.8 Å². The molecule has 2 aromatic carbocycles. The quantitative estimate of drug-likeness (QED) is 0.126. The van der Waals surface area contributed by atoms with Gasteiger partial charge in [-0.15, -0.1) is 0 Å². The van der Waals surface area contributed by atoms with Crippen molar-refractivity contribution in [2.24, 2.45) is 11.7 Å². The number of hydrogen-bond donors (Lipinski definition) is 8. The van der Waals surface area contributed by atoms with Gasteiger partial charge < -0.3 is 37.1 Å². The Bertz CT molecular complexity index is 1560. The fraction of sp³-hybridized carbons (Fsp3) is 0.424. The molecule has 246 valence electrons. The molecule has 0 radical (unpaired) electrons. The summed E-state index contributed by atoms with van der Waals surface area (Å²) in [6.07, 6.45) is 0.715. The van der Waals surface area contributed by atoms with Crippen molar-refractivity contribution in [3.63, 3.8) is 0 Å². The molecule has 0 spiro atoms. The molecule has 13 heteroatoms. The van der Waals surface area contributed by atoms with Gasteiger partial charge in [-0.2, -0.15) is 0 Å². The molecule has 46 heavy (non-hydrogen) atoms. The summed E-state index contributed by atoms with van der Waals surface area (Å²) in [5.74, 6) is -3.02. The normalized spacial score (nSPS) is 17.8. The molecule has 0 saturated heterocycles. The van der Waals surface area contributed by atoms with Crippen molar-refractivity contribution in [2.75, 3.05) is 13.1 Å². The summed E-state index contributed by atoms with van der Waals surface area (Å²) in [4.78, 5) is 67.1. The fourth-order valence-corrected chi connectivity index (χ4v) is 5.68. The highest BCUT2D eigenvalue weighted by Gasteiger charge is 2.36. The zero-order chi connectivity index (χ0) is 33.4. The molecule has 2 unspecified atom stereocenters. The second kappa shape index (κ2) is 15.5. The Morgan fingerprint density at radius 2 is 1.61 bits per heavy atom. The largest absolute Gasteiger partial charge is 0.480 e. The third-order valence-electron chi connectivity index (χ3n) is 8.00. The monoisotopic (exact) mass is 633 g/mol. The number of aliphatic carboxylic acids is 1. The molecule has 0 saturated carbocycles. The van der Waals surface area contributed by atoms with E-state index in [2.05, 4.69) is 31.6 Å². The Hall–Kier alpha value is -4.75. The number of rotatable bonds is 14. The Kier molecular flexibility index (Phi) is 11.5. The van der Waals surface area contributed by atoms with Crippen LogP contribution in [0, 0.1) is 5.92 Å². The Labute approximate surface area is 267 Å². The molecule has 2 heterocycles. The summed E-state index contributed by atoms with van der Waals surface area (Å²) in [5, 5.41) is 24.9. The average molecular weight is 634 g/mol. The van der Waals surface area contributed by atoms with Crippen LogP contribution >= 0.6 is 0 Å². The maximum atomic E-state index is 13.8. The first-order valence-corrected chi connectivity index (χ1v) is 15.5. The van der Waals surface area contributed by atoms with Crippen molar-refractivity contribution in [1.29, 1.82) is 0 Å². The van der Waals surface area contributed by atoms with Crippen LogP contribution in [0.3, 0.4) is 0 Å². The van der Waals surface area contributed by atoms with Gasteiger partial charge in [-0.25, -0.2) is 4.79 Å². The van der Waals surface area contributed by atoms with Crippen molar-refractivity contribution >= 4 is 40.5 Å². The maximum absolute atomic E-state index is 13.8. The smallest absolute Gasteiger partial charge is 0.326 e. The molecule has 1 aliphatic rings. The minimum absolute atomic E-state index is 0.0256. The fourth-order valence-electron chi connectivity index (χ4n) is 5.68. The number of fused-ring (bicyclic) bond motifs is 3. The van der Waals surface area contributed by atoms with Gasteiger partial charge in [0.05, 0.1) is 18.6 Å². The molecule has 0 fully saturated rings. The van der Waals surface area contributed by atoms with Crippen LogP contribution in [0.2, 0.25) is 0 Å². The second-order valence-corrected chi connectivity index (χ2v) is 12.1. The van der Waals surface area contributed by atoms with E-state index in [4.69, 9.17) is 5.73 Å². The van der Waals surface area contributed by atoms with Crippen LogP contribution in [-0.4, -0.2) is 76.9 Å². The van der Waals surface area contributed by atoms with Gasteiger partial charge in [0.15, 0.2) is 0 Å². The van der Waals surface area contributed by atoms with Gasteiger partial charge in [-0.1, -0.05) is 62.4 Å². The minimum atomic E-state index is -1.17. The third kappa shape index (κ3) is 8.70. The van der Waals surface area contributed by atoms with E-state index in [0.717, 1.165) is 27.7 Å². The molecule has 5 atom stereocenters. The van der Waals surface area contributed by atoms with Crippen molar-refractivity contribution in [1.82, 2.24) is 31.6 Å². The molecule has 13 nitrogen and oxygen atoms in total. The first-order chi connectivity index (χ1) is 22.0. The number of benzene rings is 2. The average Bonchev–Trinajstić information content (AvgIpc) is 3.41. The zero-order valence-electron chi connectivity index (χ0n) is 26.3. The van der Waals surface area contributed by atoms with Gasteiger partial charge in [0.2, 0.25) is 23.6 Å². The number of carboxylic acids is 1. The topological polar surface area (TPSA) is 208 Å². The van der Waals surface area contributed by atoms with Crippen molar-refractivity contribution < 1.29 is 29.1 Å². The molecular weight excluding hydrogens is 590 g/mol. The lowest BCUT2D eigenvalue weighted by atomic mass is 9.92. The number of para-hydroxylation sites is 1. The Morgan fingerprint density at radius 1 is 0.913 bits per heavy atom. The molecule has 4 amide bonds. The van der Waals surface area contributed by atoms with E-state index in [1.807, 2.05) is 44.2 Å². The number of carbonyl (C=O) groups is 5. The highest BCUT2D eigenvalue weighted by molar-refractivity contribution is 5.93. The SMILES string of the molecule is CC(C)C[C@H](NC(=O)C1Cc2c([nH]c3ccccc23)C(CNC(=O)[C@H](C)NC(=O)CN)N1)C(=O)N[C@@H](Cc1ccccc1)C(=O)O. The Morgan fingerprint density at radius 3 is 2.28 bits per heavy atom. The molecule has 0 bridgehead atoms. The van der Waals surface area contributed by atoms with E-state index >= 15 is 0 Å². The third-order valence-corrected chi connectivity index (χ3v) is 8.00. The first-order valence-electron chi connectivity index (χ1n) is 15.5. The first kappa shape index (κ1) is 34.1. The van der Waals surface area contributed by atoms with Gasteiger partial charge in [-0.3, -0.25) is 24.5 Å². The standard InChI is InChI=1S/C33H43N7O6/c1-18(2)13-24(31(43)40-26(33(45)46)14-20-9-5-4-6-10-20)39-32(44)25-15-22-21-11-7-8-12-23(21)38-29(22)27(37-25)17-35-30(42)19(3)36-28(41)16-34/h4-12,18-19,24-27,37-38H,13-17,34H2,1-3H3,(H,35,42)(H,36,41)(H,39,44)(H,40,43)(H,45,46)/t19-,24-,25?,26-,27?/m0/s1. The van der Waals surface area contributed by atoms with Crippen LogP contribution in [0.5, 0.6) is 0 Å². The number of amides is 4. The molecule has 3 aromatic rings. The number of aromatic nitrogens is 1. The van der Waals surface area contributed by atoms with E-state index in [0.29, 0.717) is 12.8 Å². The van der Waals surface area contributed by atoms with Gasteiger partial charge in [0.25, 0.3) is 0 Å². The Balaban J connectivity index is 1.51. The molecule has 0 aliphatic carbocycles. The minimum Gasteiger partial charge on any atom is -0.480 e. The van der Waals surface area contributed by atoms with Crippen LogP contribution in [0.15, 0.2) is 54.6 Å². The summed E-state index contributed by atoms with van der Waals surface area (Å²) in [6.45, 7) is 5.25. The number of aromatic amines is 1. The molecule has 9 N–H and O–H groups in total. The van der Waals surface area contributed by atoms with E-state index in [1.54, 1.807) is 31.2 Å². The second-order valence-electron chi connectivity index (χ2n) is 12.1. The van der Waals surface area contributed by atoms with Gasteiger partial charge in [0, 0.05) is 29.6 Å². The number of hydrogen-bond acceptors (Lipinski definition) is 7. The van der Waals surface area contributed by atoms with Crippen LogP contribution in [0.1, 0.15) is 50.1 Å². The lowest BCUT2D eigenvalue weighted by Crippen LogP contribution is -2.58. The summed E-state index contributed by atoms with van der Waals surface area (Å²) in [6, 6.07) is 12.5. The van der Waals surface area contributed by atoms with Gasteiger partial charge in [0.1, 0.15) is 18.1 Å². The summed E-state index contributed by atoms with van der Waals surface area (Å²) >= 11 is 0. The number of carboxylic acid groups (broad SMARTS) is 1. The molecule has 1 aromatic heterocycles. The van der Waals surface area contributed by atoms with E-state index in [1.165, 1.54) is 0 Å². The summed E-state index contributed by atoms with van der Waals surface area (Å²) in [7, 11) is 0. The summed E-state index contributed by atoms with van der Waals surface area (Å²) in [5.41, 5.74) is 8.72. The van der Waals surface area contributed by atoms with E-state index in [-0.39, 0.29) is 25.4 Å². The number of nitrogens with one attached hydrogen (secondary N) is 6. The maximum Gasteiger partial charge on any atom is 0.326 e. The molecular formula is C33H43N7O6. The highest BCUT2D eigenvalue weighted by Crippen LogP contribution is 2.31. The lowest BCUT2D eigenvalue weighted by Gasteiger charge is -2.32. The number of H-pyrrole nitrogens is 1. The van der Waals surface area contributed by atoms with Gasteiger partial charge >= 0.3 is 5.97 Å². The van der Waals surface area contributed by atoms with Gasteiger partial charge in [-0.05, 0) is 42.9 Å². The predicted molar refractivity (Wildman–Crippen MR) is 172 cm³/mol. The highest BCUT2D eigenvalue weighted by atomic mass is 16.4.